The van der Waals surface area contributed by atoms with E-state index in [1.165, 1.54) is 6.20 Å². The molecular formula is C11H20N4O3. The van der Waals surface area contributed by atoms with Gasteiger partial charge in [-0.3, -0.25) is 9.48 Å². The number of ether oxygens (including phenoxy) is 2. The Labute approximate surface area is 106 Å². The van der Waals surface area contributed by atoms with E-state index in [2.05, 4.69) is 10.4 Å². The van der Waals surface area contributed by atoms with E-state index >= 15 is 0 Å². The Bertz CT molecular complexity index is 392. The van der Waals surface area contributed by atoms with Crippen molar-refractivity contribution in [2.75, 3.05) is 33.1 Å². The molecule has 0 bridgehead atoms. The summed E-state index contributed by atoms with van der Waals surface area (Å²) in [5.74, 6) is -0.259. The van der Waals surface area contributed by atoms with Crippen LogP contribution in [0.15, 0.2) is 6.20 Å². The molecule has 0 saturated heterocycles. The van der Waals surface area contributed by atoms with Crippen molar-refractivity contribution in [3.63, 3.8) is 0 Å². The number of aryl methyl sites for hydroxylation is 1. The lowest BCUT2D eigenvalue weighted by molar-refractivity contribution is 0.0284. The highest BCUT2D eigenvalue weighted by molar-refractivity contribution is 5.97. The molecule has 102 valence electrons. The van der Waals surface area contributed by atoms with Gasteiger partial charge in [0.15, 0.2) is 0 Å². The molecule has 0 aliphatic rings. The van der Waals surface area contributed by atoms with Crippen molar-refractivity contribution in [2.24, 2.45) is 0 Å². The monoisotopic (exact) mass is 256 g/mol. The third kappa shape index (κ3) is 3.44. The minimum atomic E-state index is -0.259. The zero-order valence-corrected chi connectivity index (χ0v) is 11.0. The molecule has 0 saturated carbocycles. The Balaban J connectivity index is 2.62. The number of nitrogen functional groups attached to an aromatic ring is 1. The molecule has 0 aliphatic heterocycles. The van der Waals surface area contributed by atoms with E-state index < -0.39 is 0 Å². The average Bonchev–Trinajstić information content (AvgIpc) is 2.75. The average molecular weight is 256 g/mol. The van der Waals surface area contributed by atoms with Crippen LogP contribution in [0.25, 0.3) is 0 Å². The molecule has 0 aliphatic carbocycles. The van der Waals surface area contributed by atoms with Crippen LogP contribution in [0, 0.1) is 0 Å². The number of hydrogen-bond acceptors (Lipinski definition) is 5. The maximum Gasteiger partial charge on any atom is 0.271 e. The summed E-state index contributed by atoms with van der Waals surface area (Å²) in [6.45, 7) is 3.26. The molecule has 7 heteroatoms. The van der Waals surface area contributed by atoms with Crippen molar-refractivity contribution in [3.8, 4) is 0 Å². The molecule has 7 nitrogen and oxygen atoms in total. The van der Waals surface area contributed by atoms with Gasteiger partial charge in [-0.15, -0.1) is 0 Å². The van der Waals surface area contributed by atoms with Crippen molar-refractivity contribution in [1.29, 1.82) is 0 Å². The van der Waals surface area contributed by atoms with Crippen LogP contribution in [0.4, 0.5) is 5.69 Å². The van der Waals surface area contributed by atoms with E-state index in [1.807, 2.05) is 6.92 Å². The van der Waals surface area contributed by atoms with E-state index in [4.69, 9.17) is 15.2 Å². The van der Waals surface area contributed by atoms with E-state index in [0.717, 1.165) is 0 Å². The number of rotatable bonds is 7. The van der Waals surface area contributed by atoms with Crippen LogP contribution >= 0.6 is 0 Å². The lowest BCUT2D eigenvalue weighted by Gasteiger charge is -2.15. The fourth-order valence-electron chi connectivity index (χ4n) is 1.57. The van der Waals surface area contributed by atoms with Crippen molar-refractivity contribution >= 4 is 11.6 Å². The molecular weight excluding hydrogens is 236 g/mol. The number of nitrogens with two attached hydrogens (primary N) is 1. The van der Waals surface area contributed by atoms with Gasteiger partial charge in [0.2, 0.25) is 0 Å². The molecule has 0 spiro atoms. The highest BCUT2D eigenvalue weighted by atomic mass is 16.5. The van der Waals surface area contributed by atoms with Gasteiger partial charge in [-0.2, -0.15) is 5.10 Å². The normalized spacial score (nSPS) is 12.4. The molecule has 3 N–H and O–H groups in total. The third-order valence-corrected chi connectivity index (χ3v) is 2.56. The van der Waals surface area contributed by atoms with Crippen LogP contribution < -0.4 is 11.1 Å². The van der Waals surface area contributed by atoms with Crippen LogP contribution in [-0.2, 0) is 16.0 Å². The second-order valence-corrected chi connectivity index (χ2v) is 3.79. The number of hydrogen-bond donors (Lipinski definition) is 2. The quantitative estimate of drug-likeness (QED) is 0.709. The van der Waals surface area contributed by atoms with Gasteiger partial charge in [0, 0.05) is 27.3 Å². The summed E-state index contributed by atoms with van der Waals surface area (Å²) in [7, 11) is 3.15. The van der Waals surface area contributed by atoms with E-state index in [1.54, 1.807) is 18.9 Å². The molecule has 1 heterocycles. The number of carbonyl (C=O) groups is 1. The molecule has 1 unspecified atom stereocenters. The molecule has 0 aromatic carbocycles. The largest absolute Gasteiger partial charge is 0.396 e. The van der Waals surface area contributed by atoms with Crippen molar-refractivity contribution in [3.05, 3.63) is 11.9 Å². The SMILES string of the molecule is CCn1ncc(N)c1C(=O)NCC(COC)OC. The molecule has 1 atom stereocenters. The second-order valence-electron chi connectivity index (χ2n) is 3.79. The highest BCUT2D eigenvalue weighted by Gasteiger charge is 2.17. The van der Waals surface area contributed by atoms with Crippen LogP contribution in [0.2, 0.25) is 0 Å². The van der Waals surface area contributed by atoms with Gasteiger partial charge >= 0.3 is 0 Å². The Kier molecular flexibility index (Phi) is 5.60. The van der Waals surface area contributed by atoms with Gasteiger partial charge < -0.3 is 20.5 Å². The lowest BCUT2D eigenvalue weighted by atomic mass is 10.3. The highest BCUT2D eigenvalue weighted by Crippen LogP contribution is 2.10. The maximum absolute atomic E-state index is 12.0. The molecule has 0 radical (unpaired) electrons. The number of methoxy groups -OCH3 is 2. The first kappa shape index (κ1) is 14.5. The summed E-state index contributed by atoms with van der Waals surface area (Å²) >= 11 is 0. The molecule has 1 aromatic heterocycles. The predicted molar refractivity (Wildman–Crippen MR) is 67.3 cm³/mol. The Morgan fingerprint density at radius 3 is 2.89 bits per heavy atom. The number of nitrogens with zero attached hydrogens (tertiary/aromatic N) is 2. The van der Waals surface area contributed by atoms with Gasteiger partial charge in [0.25, 0.3) is 5.91 Å². The van der Waals surface area contributed by atoms with Gasteiger partial charge in [0.1, 0.15) is 5.69 Å². The number of aromatic nitrogens is 2. The van der Waals surface area contributed by atoms with Crippen molar-refractivity contribution in [2.45, 2.75) is 19.6 Å². The third-order valence-electron chi connectivity index (χ3n) is 2.56. The van der Waals surface area contributed by atoms with Crippen LogP contribution in [0.3, 0.4) is 0 Å². The number of amides is 1. The molecule has 18 heavy (non-hydrogen) atoms. The predicted octanol–water partition coefficient (Wildman–Crippen LogP) is -0.124. The Morgan fingerprint density at radius 1 is 1.61 bits per heavy atom. The van der Waals surface area contributed by atoms with Gasteiger partial charge in [-0.25, -0.2) is 0 Å². The second kappa shape index (κ2) is 6.97. The summed E-state index contributed by atoms with van der Waals surface area (Å²) < 4.78 is 11.7. The number of nitrogens with one attached hydrogen (secondary N) is 1. The summed E-state index contributed by atoms with van der Waals surface area (Å²) in [6, 6.07) is 0. The zero-order chi connectivity index (χ0) is 13.5. The Morgan fingerprint density at radius 2 is 2.33 bits per heavy atom. The van der Waals surface area contributed by atoms with E-state index in [-0.39, 0.29) is 12.0 Å². The lowest BCUT2D eigenvalue weighted by Crippen LogP contribution is -2.36. The van der Waals surface area contributed by atoms with E-state index in [9.17, 15) is 4.79 Å². The van der Waals surface area contributed by atoms with Crippen LogP contribution in [0.1, 0.15) is 17.4 Å². The number of anilines is 1. The van der Waals surface area contributed by atoms with Crippen LogP contribution in [0.5, 0.6) is 0 Å². The summed E-state index contributed by atoms with van der Waals surface area (Å²) in [6.07, 6.45) is 1.29. The van der Waals surface area contributed by atoms with Gasteiger partial charge in [0.05, 0.1) is 24.6 Å². The van der Waals surface area contributed by atoms with Gasteiger partial charge in [-0.05, 0) is 6.92 Å². The first-order chi connectivity index (χ1) is 8.63. The van der Waals surface area contributed by atoms with Gasteiger partial charge in [-0.1, -0.05) is 0 Å². The van der Waals surface area contributed by atoms with Crippen LogP contribution in [-0.4, -0.2) is 49.2 Å². The minimum Gasteiger partial charge on any atom is -0.396 e. The fourth-order valence-corrected chi connectivity index (χ4v) is 1.57. The molecule has 1 rings (SSSR count). The molecule has 0 fully saturated rings. The zero-order valence-electron chi connectivity index (χ0n) is 11.0. The van der Waals surface area contributed by atoms with Crippen molar-refractivity contribution < 1.29 is 14.3 Å². The summed E-state index contributed by atoms with van der Waals surface area (Å²) in [5.41, 5.74) is 6.47. The topological polar surface area (TPSA) is 91.4 Å². The fraction of sp³-hybridized carbons (Fsp3) is 0.636. The van der Waals surface area contributed by atoms with Crippen molar-refractivity contribution in [1.82, 2.24) is 15.1 Å². The minimum absolute atomic E-state index is 0.182. The maximum atomic E-state index is 12.0. The standard InChI is InChI=1S/C11H20N4O3/c1-4-15-10(9(12)6-14-15)11(16)13-5-8(18-3)7-17-2/h6,8H,4-5,7,12H2,1-3H3,(H,13,16). The smallest absolute Gasteiger partial charge is 0.271 e. The molecule has 1 amide bonds. The first-order valence-corrected chi connectivity index (χ1v) is 5.75. The van der Waals surface area contributed by atoms with E-state index in [0.29, 0.717) is 31.1 Å². The Hall–Kier alpha value is -1.60. The summed E-state index contributed by atoms with van der Waals surface area (Å²) in [4.78, 5) is 12.0. The molecule has 1 aromatic rings. The summed E-state index contributed by atoms with van der Waals surface area (Å²) in [5, 5.41) is 6.77. The first-order valence-electron chi connectivity index (χ1n) is 5.75. The number of carbonyl (C=O) groups excluding carboxylic acids is 1.